The summed E-state index contributed by atoms with van der Waals surface area (Å²) in [5, 5.41) is 0. The van der Waals surface area contributed by atoms with Crippen LogP contribution in [0.15, 0.2) is 0 Å². The number of unbranched alkanes of at least 4 members (excludes halogenated alkanes) is 43. The zero-order valence-electron chi connectivity index (χ0n) is 55.1. The molecule has 75 heavy (non-hydrogen) atoms. The molecule has 0 aliphatic rings. The number of nitrogens with zero attached hydrogens (tertiary/aromatic N) is 3. The Morgan fingerprint density at radius 3 is 0.440 bits per heavy atom. The number of nitrogens with one attached hydrogen (secondary N) is 1. The lowest BCUT2D eigenvalue weighted by Gasteiger charge is -2.35. The molecule has 0 heterocycles. The molecule has 0 aromatic carbocycles. The van der Waals surface area contributed by atoms with Gasteiger partial charge in [0.05, 0.1) is 103 Å². The van der Waals surface area contributed by atoms with Crippen LogP contribution >= 0.6 is 0 Å². The fourth-order valence-corrected chi connectivity index (χ4v) is 10.1. The summed E-state index contributed by atoms with van der Waals surface area (Å²) in [5.74, 6) is 0. The van der Waals surface area contributed by atoms with Gasteiger partial charge in [-0.05, 0) is 59.3 Å². The summed E-state index contributed by atoms with van der Waals surface area (Å²) in [6, 6.07) is 0. The number of quaternary nitrogens is 4. The Morgan fingerprint density at radius 2 is 0.320 bits per heavy atom. The van der Waals surface area contributed by atoms with Crippen LogP contribution in [0.1, 0.15) is 337 Å². The summed E-state index contributed by atoms with van der Waals surface area (Å²) in [6.45, 7) is 22.0. The zero-order valence-corrected chi connectivity index (χ0v) is 58.1. The molecule has 0 radical (unpaired) electrons. The van der Waals surface area contributed by atoms with E-state index in [1.807, 2.05) is 0 Å². The first-order chi connectivity index (χ1) is 34.1. The zero-order chi connectivity index (χ0) is 53.8. The molecule has 0 saturated heterocycles. The fraction of sp³-hybridized carbons (Fsp3) is 1.00. The van der Waals surface area contributed by atoms with Gasteiger partial charge >= 0.3 is 0 Å². The lowest BCUT2D eigenvalue weighted by molar-refractivity contribution is -0.923. The van der Waals surface area contributed by atoms with E-state index in [4.69, 9.17) is 0 Å². The molecule has 0 saturated carbocycles. The SMILES string of the molecule is CCCCCCCCCCCCCCCCCC[N+](C)(C)C.CCCCCCCCCCCCCCCCCC[N+](CC)(CC)CC.CCCCCCCCCCCCCCCC[N+](C)(C)C.C[NH+](C)C.[Cl-].[Cl-].[Cl-].[Cl-]. The third-order valence-electron chi connectivity index (χ3n) is 15.4. The van der Waals surface area contributed by atoms with Gasteiger partial charge in [-0.15, -0.1) is 0 Å². The second kappa shape index (κ2) is 75.0. The van der Waals surface area contributed by atoms with Crippen LogP contribution in [0.3, 0.4) is 0 Å². The van der Waals surface area contributed by atoms with E-state index in [1.54, 1.807) is 0 Å². The quantitative estimate of drug-likeness (QED) is 0.0466. The van der Waals surface area contributed by atoms with Crippen molar-refractivity contribution in [3.05, 3.63) is 0 Å². The minimum atomic E-state index is 0. The van der Waals surface area contributed by atoms with E-state index in [9.17, 15) is 0 Å². The Morgan fingerprint density at radius 1 is 0.200 bits per heavy atom. The number of hydrogen-bond acceptors (Lipinski definition) is 0. The topological polar surface area (TPSA) is 4.44 Å². The van der Waals surface area contributed by atoms with E-state index in [0.29, 0.717) is 0 Å². The lowest BCUT2D eigenvalue weighted by atomic mass is 10.0. The van der Waals surface area contributed by atoms with Gasteiger partial charge in [-0.3, -0.25) is 0 Å². The van der Waals surface area contributed by atoms with Gasteiger partial charge < -0.3 is 68.0 Å². The summed E-state index contributed by atoms with van der Waals surface area (Å²) in [7, 11) is 20.0. The maximum Gasteiger partial charge on any atom is 0.0786 e. The van der Waals surface area contributed by atoms with Crippen LogP contribution in [-0.2, 0) is 0 Å². The molecule has 4 nitrogen and oxygen atoms in total. The molecule has 1 N–H and O–H groups in total. The molecule has 0 aliphatic carbocycles. The van der Waals surface area contributed by atoms with Crippen molar-refractivity contribution >= 4 is 0 Å². The van der Waals surface area contributed by atoms with Crippen molar-refractivity contribution in [3.63, 3.8) is 0 Å². The molecule has 0 amide bonds. The van der Waals surface area contributed by atoms with E-state index >= 15 is 0 Å². The Kier molecular flexibility index (Phi) is 92.5. The molecule has 0 aromatic rings. The molecule has 0 atom stereocenters. The van der Waals surface area contributed by atoms with Gasteiger partial charge in [0.2, 0.25) is 0 Å². The van der Waals surface area contributed by atoms with Crippen molar-refractivity contribution in [1.29, 1.82) is 0 Å². The third kappa shape index (κ3) is 94.6. The van der Waals surface area contributed by atoms with Crippen molar-refractivity contribution in [1.82, 2.24) is 0 Å². The molecule has 0 bridgehead atoms. The van der Waals surface area contributed by atoms with Gasteiger partial charge in [0, 0.05) is 0 Å². The van der Waals surface area contributed by atoms with Crippen LogP contribution < -0.4 is 54.5 Å². The first-order valence-electron chi connectivity index (χ1n) is 33.3. The molecule has 0 fully saturated rings. The van der Waals surface area contributed by atoms with Gasteiger partial charge in [0.25, 0.3) is 0 Å². The Hall–Kier alpha value is 1.00. The van der Waals surface area contributed by atoms with Gasteiger partial charge in [0.1, 0.15) is 0 Å². The molecule has 0 rings (SSSR count). The maximum atomic E-state index is 2.36. The highest BCUT2D eigenvalue weighted by Gasteiger charge is 2.19. The Labute approximate surface area is 504 Å². The van der Waals surface area contributed by atoms with Gasteiger partial charge in [-0.1, -0.05) is 278 Å². The number of hydrogen-bond donors (Lipinski definition) is 1. The standard InChI is InChI=1S/C24H52N.C21H46N.C19H42N.C3H9N.4ClH/c1-5-9-10-11-12-13-14-15-16-17-18-19-20-21-22-23-24-25(6-2,7-3)8-4;1-5-6-7-8-9-10-11-12-13-14-15-16-17-18-19-20-21-22(2,3)4;1-5-6-7-8-9-10-11-12-13-14-15-16-17-18-19-20(2,3)4;1-4(2)3;;;;/h5-24H2,1-4H3;5-21H2,1-4H3;5-19H2,1-4H3;1-3H3;4*1H/q3*+1;;;;;/p-3. The normalized spacial score (nSPS) is 11.2. The van der Waals surface area contributed by atoms with Gasteiger partial charge in [-0.2, -0.15) is 0 Å². The van der Waals surface area contributed by atoms with E-state index in [-0.39, 0.29) is 49.6 Å². The Bertz CT molecular complexity index is 910. The second-order valence-corrected chi connectivity index (χ2v) is 25.7. The molecule has 0 unspecified atom stereocenters. The van der Waals surface area contributed by atoms with Crippen LogP contribution in [0.5, 0.6) is 0 Å². The predicted molar refractivity (Wildman–Crippen MR) is 331 cm³/mol. The highest BCUT2D eigenvalue weighted by atomic mass is 35.5. The number of rotatable bonds is 52. The molecular formula is C67H150Cl4N4. The van der Waals surface area contributed by atoms with Crippen LogP contribution in [0.25, 0.3) is 0 Å². The minimum absolute atomic E-state index is 0. The van der Waals surface area contributed by atoms with Gasteiger partial charge in [0.15, 0.2) is 0 Å². The summed E-state index contributed by atoms with van der Waals surface area (Å²) in [4.78, 5) is 1.42. The van der Waals surface area contributed by atoms with Crippen LogP contribution in [-0.4, -0.2) is 116 Å². The monoisotopic (exact) mass is 1150 g/mol. The van der Waals surface area contributed by atoms with Crippen molar-refractivity contribution in [3.8, 4) is 0 Å². The van der Waals surface area contributed by atoms with Crippen molar-refractivity contribution in [2.45, 2.75) is 337 Å². The van der Waals surface area contributed by atoms with Crippen LogP contribution in [0.4, 0.5) is 0 Å². The first-order valence-corrected chi connectivity index (χ1v) is 33.3. The average molecular weight is 1150 g/mol. The molecule has 0 aromatic heterocycles. The highest BCUT2D eigenvalue weighted by molar-refractivity contribution is 4.53. The van der Waals surface area contributed by atoms with Crippen molar-refractivity contribution in [2.75, 3.05) is 103 Å². The minimum Gasteiger partial charge on any atom is -1.00 e. The third-order valence-corrected chi connectivity index (χ3v) is 15.4. The molecular weight excluding hydrogens is 1000 g/mol. The second-order valence-electron chi connectivity index (χ2n) is 25.7. The summed E-state index contributed by atoms with van der Waals surface area (Å²) in [5.41, 5.74) is 0. The van der Waals surface area contributed by atoms with E-state index in [0.717, 1.165) is 8.97 Å². The van der Waals surface area contributed by atoms with Crippen molar-refractivity contribution < 1.29 is 68.0 Å². The fourth-order valence-electron chi connectivity index (χ4n) is 10.1. The highest BCUT2D eigenvalue weighted by Crippen LogP contribution is 2.17. The first kappa shape index (κ1) is 92.5. The molecule has 0 spiro atoms. The van der Waals surface area contributed by atoms with E-state index < -0.39 is 0 Å². The average Bonchev–Trinajstić information content (AvgIpc) is 3.32. The molecule has 466 valence electrons. The summed E-state index contributed by atoms with van der Waals surface area (Å²) in [6.07, 6.45) is 67.2. The van der Waals surface area contributed by atoms with Gasteiger partial charge in [-0.25, -0.2) is 0 Å². The predicted octanol–water partition coefficient (Wildman–Crippen LogP) is 8.03. The molecule has 0 aliphatic heterocycles. The smallest absolute Gasteiger partial charge is 0.0786 e. The number of halogens is 4. The molecule has 8 heteroatoms. The van der Waals surface area contributed by atoms with E-state index in [1.165, 1.54) is 344 Å². The maximum absolute atomic E-state index is 2.36. The van der Waals surface area contributed by atoms with Crippen LogP contribution in [0, 0.1) is 0 Å². The summed E-state index contributed by atoms with van der Waals surface area (Å²) >= 11 is 0. The van der Waals surface area contributed by atoms with Crippen molar-refractivity contribution in [2.24, 2.45) is 0 Å². The van der Waals surface area contributed by atoms with E-state index in [2.05, 4.69) is 105 Å². The summed E-state index contributed by atoms with van der Waals surface area (Å²) < 4.78 is 3.58. The Balaban J connectivity index is -0.000000141. The largest absolute Gasteiger partial charge is 1.00 e. The lowest BCUT2D eigenvalue weighted by Crippen LogP contribution is -3.02. The van der Waals surface area contributed by atoms with Crippen LogP contribution in [0.2, 0.25) is 0 Å².